The number of hydrogen-bond donors (Lipinski definition) is 1. The molecule has 1 fully saturated rings. The summed E-state index contributed by atoms with van der Waals surface area (Å²) in [7, 11) is 0. The van der Waals surface area contributed by atoms with Crippen molar-refractivity contribution < 1.29 is 23.8 Å². The maximum absolute atomic E-state index is 12.0. The highest BCUT2D eigenvalue weighted by atomic mass is 16.5. The van der Waals surface area contributed by atoms with E-state index in [0.29, 0.717) is 24.5 Å². The smallest absolute Gasteiger partial charge is 0.338 e. The fourth-order valence-electron chi connectivity index (χ4n) is 2.25. The van der Waals surface area contributed by atoms with Crippen molar-refractivity contribution in [1.82, 2.24) is 5.32 Å². The average Bonchev–Trinajstić information content (AvgIpc) is 3.07. The van der Waals surface area contributed by atoms with Gasteiger partial charge in [0.2, 0.25) is 0 Å². The molecule has 2 atom stereocenters. The molecule has 0 radical (unpaired) electrons. The first-order valence-electron chi connectivity index (χ1n) is 7.93. The summed E-state index contributed by atoms with van der Waals surface area (Å²) in [4.78, 5) is 23.5. The molecule has 0 saturated carbocycles. The predicted octanol–water partition coefficient (Wildman–Crippen LogP) is 1.93. The first kappa shape index (κ1) is 17.3. The summed E-state index contributed by atoms with van der Waals surface area (Å²) in [6.07, 6.45) is 1.42. The number of esters is 1. The molecule has 0 spiro atoms. The molecule has 1 N–H and O–H groups in total. The van der Waals surface area contributed by atoms with Crippen molar-refractivity contribution >= 4 is 11.9 Å². The highest BCUT2D eigenvalue weighted by Gasteiger charge is 2.19. The van der Waals surface area contributed by atoms with Crippen LogP contribution in [-0.4, -0.2) is 43.8 Å². The standard InChI is InChI=1S/C17H23NO5/c1-3-18-16(19)12(2)23-17(20)13-6-8-14(9-7-13)22-11-15-5-4-10-21-15/h6-9,12,15H,3-5,10-11H2,1-2H3,(H,18,19)/t12-,15+/m1/s1. The molecule has 1 saturated heterocycles. The molecule has 23 heavy (non-hydrogen) atoms. The van der Waals surface area contributed by atoms with E-state index in [1.165, 1.54) is 0 Å². The van der Waals surface area contributed by atoms with Gasteiger partial charge in [-0.2, -0.15) is 0 Å². The summed E-state index contributed by atoms with van der Waals surface area (Å²) in [5.74, 6) is -0.166. The van der Waals surface area contributed by atoms with E-state index in [9.17, 15) is 9.59 Å². The van der Waals surface area contributed by atoms with Gasteiger partial charge >= 0.3 is 5.97 Å². The van der Waals surface area contributed by atoms with Crippen LogP contribution >= 0.6 is 0 Å². The summed E-state index contributed by atoms with van der Waals surface area (Å²) < 4.78 is 16.2. The van der Waals surface area contributed by atoms with E-state index >= 15 is 0 Å². The van der Waals surface area contributed by atoms with Gasteiger partial charge in [-0.05, 0) is 51.0 Å². The van der Waals surface area contributed by atoms with E-state index in [-0.39, 0.29) is 12.0 Å². The van der Waals surface area contributed by atoms with Gasteiger partial charge in [0.25, 0.3) is 5.91 Å². The summed E-state index contributed by atoms with van der Waals surface area (Å²) in [6.45, 7) is 5.15. The SMILES string of the molecule is CCNC(=O)[C@@H](C)OC(=O)c1ccc(OC[C@@H]2CCCO2)cc1. The minimum absolute atomic E-state index is 0.151. The summed E-state index contributed by atoms with van der Waals surface area (Å²) >= 11 is 0. The number of hydrogen-bond acceptors (Lipinski definition) is 5. The molecule has 0 bridgehead atoms. The molecule has 1 amide bonds. The van der Waals surface area contributed by atoms with Crippen LogP contribution in [0.1, 0.15) is 37.0 Å². The minimum Gasteiger partial charge on any atom is -0.491 e. The third-order valence-corrected chi connectivity index (χ3v) is 3.55. The van der Waals surface area contributed by atoms with E-state index < -0.39 is 12.1 Å². The lowest BCUT2D eigenvalue weighted by molar-refractivity contribution is -0.128. The molecule has 6 nitrogen and oxygen atoms in total. The molecule has 6 heteroatoms. The lowest BCUT2D eigenvalue weighted by Crippen LogP contribution is -2.35. The van der Waals surface area contributed by atoms with Gasteiger partial charge in [0, 0.05) is 13.2 Å². The Balaban J connectivity index is 1.83. The van der Waals surface area contributed by atoms with Crippen molar-refractivity contribution in [3.63, 3.8) is 0 Å². The second-order valence-electron chi connectivity index (χ2n) is 5.41. The molecule has 0 aromatic heterocycles. The molecular weight excluding hydrogens is 298 g/mol. The fraction of sp³-hybridized carbons (Fsp3) is 0.529. The van der Waals surface area contributed by atoms with Crippen molar-refractivity contribution in [2.24, 2.45) is 0 Å². The first-order valence-corrected chi connectivity index (χ1v) is 7.93. The number of likely N-dealkylation sites (N-methyl/N-ethyl adjacent to an activating group) is 1. The van der Waals surface area contributed by atoms with Gasteiger partial charge < -0.3 is 19.5 Å². The van der Waals surface area contributed by atoms with Gasteiger partial charge in [-0.1, -0.05) is 0 Å². The molecule has 0 unspecified atom stereocenters. The van der Waals surface area contributed by atoms with Gasteiger partial charge in [0.05, 0.1) is 11.7 Å². The number of ether oxygens (including phenoxy) is 3. The van der Waals surface area contributed by atoms with Gasteiger partial charge in [-0.25, -0.2) is 4.79 Å². The zero-order chi connectivity index (χ0) is 16.7. The number of benzene rings is 1. The first-order chi connectivity index (χ1) is 11.1. The Morgan fingerprint density at radius 1 is 1.35 bits per heavy atom. The third-order valence-electron chi connectivity index (χ3n) is 3.55. The molecule has 1 aromatic rings. The minimum atomic E-state index is -0.821. The van der Waals surface area contributed by atoms with Gasteiger partial charge in [-0.3, -0.25) is 4.79 Å². The molecule has 0 aliphatic carbocycles. The Bertz CT molecular complexity index is 522. The zero-order valence-electron chi connectivity index (χ0n) is 13.5. The number of carbonyl (C=O) groups excluding carboxylic acids is 2. The number of carbonyl (C=O) groups is 2. The third kappa shape index (κ3) is 5.25. The Hall–Kier alpha value is -2.08. The van der Waals surface area contributed by atoms with Crippen LogP contribution in [0.4, 0.5) is 0 Å². The fourth-order valence-corrected chi connectivity index (χ4v) is 2.25. The summed E-state index contributed by atoms with van der Waals surface area (Å²) in [6, 6.07) is 6.67. The Morgan fingerprint density at radius 3 is 2.70 bits per heavy atom. The van der Waals surface area contributed by atoms with Gasteiger partial charge in [-0.15, -0.1) is 0 Å². The molecule has 126 valence electrons. The monoisotopic (exact) mass is 321 g/mol. The molecule has 1 aliphatic heterocycles. The quantitative estimate of drug-likeness (QED) is 0.777. The maximum Gasteiger partial charge on any atom is 0.338 e. The van der Waals surface area contributed by atoms with Crippen molar-refractivity contribution in [1.29, 1.82) is 0 Å². The molecule has 1 aliphatic rings. The van der Waals surface area contributed by atoms with Crippen LogP contribution in [0.2, 0.25) is 0 Å². The van der Waals surface area contributed by atoms with Crippen molar-refractivity contribution in [2.45, 2.75) is 38.9 Å². The summed E-state index contributed by atoms with van der Waals surface area (Å²) in [5.41, 5.74) is 0.380. The Morgan fingerprint density at radius 2 is 2.09 bits per heavy atom. The topological polar surface area (TPSA) is 73.9 Å². The highest BCUT2D eigenvalue weighted by Crippen LogP contribution is 2.17. The Labute approximate surface area is 136 Å². The van der Waals surface area contributed by atoms with Crippen LogP contribution in [-0.2, 0) is 14.3 Å². The molecule has 1 aromatic carbocycles. The largest absolute Gasteiger partial charge is 0.491 e. The van der Waals surface area contributed by atoms with Crippen molar-refractivity contribution in [2.75, 3.05) is 19.8 Å². The van der Waals surface area contributed by atoms with E-state index in [4.69, 9.17) is 14.2 Å². The van der Waals surface area contributed by atoms with E-state index in [1.807, 2.05) is 6.92 Å². The van der Waals surface area contributed by atoms with Crippen molar-refractivity contribution in [3.8, 4) is 5.75 Å². The number of rotatable bonds is 7. The van der Waals surface area contributed by atoms with E-state index in [1.54, 1.807) is 31.2 Å². The van der Waals surface area contributed by atoms with Crippen molar-refractivity contribution in [3.05, 3.63) is 29.8 Å². The summed E-state index contributed by atoms with van der Waals surface area (Å²) in [5, 5.41) is 2.61. The molecule has 1 heterocycles. The highest BCUT2D eigenvalue weighted by molar-refractivity contribution is 5.92. The Kier molecular flexibility index (Phi) is 6.40. The average molecular weight is 321 g/mol. The van der Waals surface area contributed by atoms with E-state index in [2.05, 4.69) is 5.32 Å². The lowest BCUT2D eigenvalue weighted by Gasteiger charge is -2.13. The zero-order valence-corrected chi connectivity index (χ0v) is 13.5. The van der Waals surface area contributed by atoms with Crippen LogP contribution in [0.15, 0.2) is 24.3 Å². The number of nitrogens with one attached hydrogen (secondary N) is 1. The van der Waals surface area contributed by atoms with Gasteiger partial charge in [0.1, 0.15) is 12.4 Å². The van der Waals surface area contributed by atoms with Gasteiger partial charge in [0.15, 0.2) is 6.10 Å². The maximum atomic E-state index is 12.0. The van der Waals surface area contributed by atoms with E-state index in [0.717, 1.165) is 19.4 Å². The van der Waals surface area contributed by atoms with Crippen LogP contribution in [0.3, 0.4) is 0 Å². The van der Waals surface area contributed by atoms with Crippen LogP contribution in [0.5, 0.6) is 5.75 Å². The molecule has 2 rings (SSSR count). The second-order valence-corrected chi connectivity index (χ2v) is 5.41. The van der Waals surface area contributed by atoms with Crippen LogP contribution in [0.25, 0.3) is 0 Å². The number of amides is 1. The van der Waals surface area contributed by atoms with Crippen LogP contribution in [0, 0.1) is 0 Å². The second kappa shape index (κ2) is 8.53. The predicted molar refractivity (Wildman–Crippen MR) is 84.5 cm³/mol. The normalized spacial score (nSPS) is 18.3. The molecular formula is C17H23NO5. The lowest BCUT2D eigenvalue weighted by atomic mass is 10.2. The van der Waals surface area contributed by atoms with Crippen LogP contribution < -0.4 is 10.1 Å².